The molecule has 2 aliphatic rings. The van der Waals surface area contributed by atoms with Gasteiger partial charge in [0.05, 0.1) is 34.6 Å². The molecule has 9 heteroatoms. The van der Waals surface area contributed by atoms with Crippen LogP contribution in [0.25, 0.3) is 0 Å². The SMILES string of the molecule is CC(C)(C)[S@@](=O)NC1c2ccccc2CC12CCN(c1ncc(C(=O)O)nc1CO)CC2. The number of rotatable bonds is 5. The van der Waals surface area contributed by atoms with E-state index in [1.807, 2.05) is 26.8 Å². The van der Waals surface area contributed by atoms with Crippen LogP contribution in [-0.2, 0) is 24.0 Å². The Morgan fingerprint density at radius 2 is 1.97 bits per heavy atom. The van der Waals surface area contributed by atoms with Crippen LogP contribution in [0.5, 0.6) is 0 Å². The van der Waals surface area contributed by atoms with Crippen molar-refractivity contribution in [2.24, 2.45) is 5.41 Å². The number of aromatic nitrogens is 2. The Balaban J connectivity index is 1.58. The van der Waals surface area contributed by atoms with Crippen molar-refractivity contribution < 1.29 is 19.2 Å². The smallest absolute Gasteiger partial charge is 0.356 e. The third kappa shape index (κ3) is 4.16. The highest BCUT2D eigenvalue weighted by Crippen LogP contribution is 2.52. The van der Waals surface area contributed by atoms with Crippen LogP contribution in [0.1, 0.15) is 67.0 Å². The zero-order chi connectivity index (χ0) is 23.1. The molecule has 2 heterocycles. The van der Waals surface area contributed by atoms with Crippen LogP contribution in [0.2, 0.25) is 0 Å². The maximum Gasteiger partial charge on any atom is 0.356 e. The molecule has 172 valence electrons. The minimum absolute atomic E-state index is 0.00121. The number of carbonyl (C=O) groups is 1. The summed E-state index contributed by atoms with van der Waals surface area (Å²) < 4.78 is 16.1. The summed E-state index contributed by atoms with van der Waals surface area (Å²) in [5.41, 5.74) is 2.56. The number of hydrogen-bond acceptors (Lipinski definition) is 6. The van der Waals surface area contributed by atoms with Crippen molar-refractivity contribution in [3.05, 3.63) is 53.0 Å². The van der Waals surface area contributed by atoms with Crippen LogP contribution in [0.3, 0.4) is 0 Å². The van der Waals surface area contributed by atoms with E-state index >= 15 is 0 Å². The van der Waals surface area contributed by atoms with Crippen molar-refractivity contribution in [2.75, 3.05) is 18.0 Å². The van der Waals surface area contributed by atoms with Gasteiger partial charge in [0.25, 0.3) is 0 Å². The van der Waals surface area contributed by atoms with Gasteiger partial charge < -0.3 is 15.1 Å². The number of nitrogens with one attached hydrogen (secondary N) is 1. The summed E-state index contributed by atoms with van der Waals surface area (Å²) in [6, 6.07) is 8.38. The van der Waals surface area contributed by atoms with E-state index in [9.17, 15) is 14.1 Å². The average Bonchev–Trinajstić information content (AvgIpc) is 3.06. The first kappa shape index (κ1) is 22.8. The molecule has 1 aromatic heterocycles. The predicted octanol–water partition coefficient (Wildman–Crippen LogP) is 2.60. The molecule has 1 aliphatic heterocycles. The Hall–Kier alpha value is -2.36. The number of aliphatic hydroxyl groups is 1. The Labute approximate surface area is 190 Å². The van der Waals surface area contributed by atoms with Gasteiger partial charge in [-0.15, -0.1) is 0 Å². The standard InChI is InChI=1S/C23H30N4O4S/c1-22(2,3)32(31)26-19-16-7-5-4-6-15(16)12-23(19)8-10-27(11-9-23)20-18(14-28)25-17(13-24-20)21(29)30/h4-7,13,19,26,28H,8-12,14H2,1-3H3,(H,29,30)/t19?,32-/m1/s1. The number of carboxylic acid groups (broad SMARTS) is 1. The molecule has 2 aromatic rings. The molecule has 1 saturated heterocycles. The number of benzene rings is 1. The van der Waals surface area contributed by atoms with Gasteiger partial charge in [0.2, 0.25) is 0 Å². The summed E-state index contributed by atoms with van der Waals surface area (Å²) in [4.78, 5) is 21.6. The third-order valence-corrected chi connectivity index (χ3v) is 8.11. The topological polar surface area (TPSA) is 116 Å². The van der Waals surface area contributed by atoms with Gasteiger partial charge in [-0.05, 0) is 56.6 Å². The second-order valence-corrected chi connectivity index (χ2v) is 11.6. The van der Waals surface area contributed by atoms with Crippen LogP contribution in [-0.4, -0.2) is 48.2 Å². The third-order valence-electron chi connectivity index (χ3n) is 6.55. The number of hydrogen-bond donors (Lipinski definition) is 3. The lowest BCUT2D eigenvalue weighted by Crippen LogP contribution is -2.48. The Kier molecular flexibility index (Phi) is 6.08. The predicted molar refractivity (Wildman–Crippen MR) is 123 cm³/mol. The van der Waals surface area contributed by atoms with Gasteiger partial charge in [-0.1, -0.05) is 24.3 Å². The number of aliphatic hydroxyl groups excluding tert-OH is 1. The zero-order valence-electron chi connectivity index (χ0n) is 18.7. The second kappa shape index (κ2) is 8.53. The number of fused-ring (bicyclic) bond motifs is 1. The molecular weight excluding hydrogens is 428 g/mol. The van der Waals surface area contributed by atoms with Gasteiger partial charge in [0, 0.05) is 13.1 Å². The molecule has 2 atom stereocenters. The molecular formula is C23H30N4O4S. The summed E-state index contributed by atoms with van der Waals surface area (Å²) in [6.45, 7) is 6.95. The van der Waals surface area contributed by atoms with Gasteiger partial charge in [-0.25, -0.2) is 23.7 Å². The van der Waals surface area contributed by atoms with E-state index in [2.05, 4.69) is 37.8 Å². The van der Waals surface area contributed by atoms with Crippen LogP contribution < -0.4 is 9.62 Å². The molecule has 32 heavy (non-hydrogen) atoms. The summed E-state index contributed by atoms with van der Waals surface area (Å²) in [7, 11) is -1.19. The summed E-state index contributed by atoms with van der Waals surface area (Å²) in [6.07, 6.45) is 3.87. The molecule has 1 unspecified atom stereocenters. The number of anilines is 1. The van der Waals surface area contributed by atoms with E-state index in [-0.39, 0.29) is 34.2 Å². The molecule has 1 aliphatic carbocycles. The average molecular weight is 459 g/mol. The van der Waals surface area contributed by atoms with Crippen LogP contribution >= 0.6 is 0 Å². The minimum Gasteiger partial charge on any atom is -0.476 e. The lowest BCUT2D eigenvalue weighted by Gasteiger charge is -2.44. The van der Waals surface area contributed by atoms with Gasteiger partial charge in [0.1, 0.15) is 5.69 Å². The fourth-order valence-electron chi connectivity index (χ4n) is 4.78. The molecule has 0 amide bonds. The van der Waals surface area contributed by atoms with E-state index in [0.717, 1.165) is 19.3 Å². The first-order chi connectivity index (χ1) is 15.1. The van der Waals surface area contributed by atoms with E-state index in [1.165, 1.54) is 17.3 Å². The van der Waals surface area contributed by atoms with Crippen molar-refractivity contribution in [1.82, 2.24) is 14.7 Å². The molecule has 1 spiro atoms. The van der Waals surface area contributed by atoms with Crippen molar-refractivity contribution in [3.8, 4) is 0 Å². The Morgan fingerprint density at radius 1 is 1.28 bits per heavy atom. The molecule has 0 saturated carbocycles. The van der Waals surface area contributed by atoms with E-state index < -0.39 is 17.0 Å². The number of aromatic carboxylic acids is 1. The maximum absolute atomic E-state index is 13.0. The highest BCUT2D eigenvalue weighted by atomic mass is 32.2. The van der Waals surface area contributed by atoms with Crippen LogP contribution in [0, 0.1) is 5.41 Å². The highest BCUT2D eigenvalue weighted by molar-refractivity contribution is 7.84. The molecule has 3 N–H and O–H groups in total. The van der Waals surface area contributed by atoms with E-state index in [1.54, 1.807) is 0 Å². The molecule has 8 nitrogen and oxygen atoms in total. The monoisotopic (exact) mass is 458 g/mol. The number of carboxylic acids is 1. The Bertz CT molecular complexity index is 1040. The normalized spacial score (nSPS) is 20.9. The largest absolute Gasteiger partial charge is 0.476 e. The quantitative estimate of drug-likeness (QED) is 0.631. The van der Waals surface area contributed by atoms with E-state index in [4.69, 9.17) is 5.11 Å². The minimum atomic E-state index is -1.19. The Morgan fingerprint density at radius 3 is 2.59 bits per heavy atom. The van der Waals surface area contributed by atoms with Crippen molar-refractivity contribution in [2.45, 2.75) is 57.4 Å². The summed E-state index contributed by atoms with van der Waals surface area (Å²) in [5, 5.41) is 18.9. The van der Waals surface area contributed by atoms with Gasteiger partial charge in [-0.2, -0.15) is 0 Å². The maximum atomic E-state index is 13.0. The number of piperidine rings is 1. The van der Waals surface area contributed by atoms with Crippen molar-refractivity contribution >= 4 is 22.8 Å². The van der Waals surface area contributed by atoms with Crippen molar-refractivity contribution in [1.29, 1.82) is 0 Å². The molecule has 1 aromatic carbocycles. The first-order valence-electron chi connectivity index (χ1n) is 10.9. The lowest BCUT2D eigenvalue weighted by molar-refractivity contribution is 0.0689. The molecule has 0 bridgehead atoms. The van der Waals surface area contributed by atoms with Crippen LogP contribution in [0.15, 0.2) is 30.5 Å². The summed E-state index contributed by atoms with van der Waals surface area (Å²) in [5.74, 6) is -0.633. The lowest BCUT2D eigenvalue weighted by atomic mass is 9.73. The van der Waals surface area contributed by atoms with Gasteiger partial charge in [-0.3, -0.25) is 0 Å². The number of nitrogens with zero attached hydrogens (tertiary/aromatic N) is 3. The van der Waals surface area contributed by atoms with Gasteiger partial charge >= 0.3 is 5.97 Å². The zero-order valence-corrected chi connectivity index (χ0v) is 19.5. The first-order valence-corrected chi connectivity index (χ1v) is 12.0. The van der Waals surface area contributed by atoms with Crippen molar-refractivity contribution in [3.63, 3.8) is 0 Å². The fourth-order valence-corrected chi connectivity index (χ4v) is 5.73. The summed E-state index contributed by atoms with van der Waals surface area (Å²) >= 11 is 0. The molecule has 0 radical (unpaired) electrons. The van der Waals surface area contributed by atoms with Gasteiger partial charge in [0.15, 0.2) is 11.5 Å². The molecule has 4 rings (SSSR count). The van der Waals surface area contributed by atoms with E-state index in [0.29, 0.717) is 18.9 Å². The highest BCUT2D eigenvalue weighted by Gasteiger charge is 2.49. The van der Waals surface area contributed by atoms with Crippen LogP contribution in [0.4, 0.5) is 5.82 Å². The fraction of sp³-hybridized carbons (Fsp3) is 0.522. The molecule has 1 fully saturated rings. The second-order valence-electron chi connectivity index (χ2n) is 9.65.